The Bertz CT molecular complexity index is 504. The first-order valence-corrected chi connectivity index (χ1v) is 5.96. The second-order valence-electron chi connectivity index (χ2n) is 3.81. The van der Waals surface area contributed by atoms with Crippen LogP contribution < -0.4 is 0 Å². The van der Waals surface area contributed by atoms with E-state index in [1.54, 1.807) is 36.5 Å². The molecule has 0 aliphatic rings. The van der Waals surface area contributed by atoms with Gasteiger partial charge in [-0.3, -0.25) is 0 Å². The topological polar surface area (TPSA) is 20.2 Å². The molecular weight excluding hydrogens is 223 g/mol. The standard InChI is InChI=1S/C13H13FOS/c1-8-4-3-5-11(12(8)14)13(15)10-6-7-16-9(10)2/h3-7,13,15H,1-2H3. The monoisotopic (exact) mass is 236 g/mol. The Labute approximate surface area is 98.2 Å². The molecule has 84 valence electrons. The maximum atomic E-state index is 13.8. The smallest absolute Gasteiger partial charge is 0.132 e. The number of rotatable bonds is 2. The van der Waals surface area contributed by atoms with Crippen molar-refractivity contribution in [1.29, 1.82) is 0 Å². The minimum atomic E-state index is -0.869. The fourth-order valence-electron chi connectivity index (χ4n) is 1.73. The maximum Gasteiger partial charge on any atom is 0.132 e. The molecule has 16 heavy (non-hydrogen) atoms. The summed E-state index contributed by atoms with van der Waals surface area (Å²) in [4.78, 5) is 1.02. The van der Waals surface area contributed by atoms with E-state index in [9.17, 15) is 9.50 Å². The number of hydrogen-bond donors (Lipinski definition) is 1. The van der Waals surface area contributed by atoms with Gasteiger partial charge >= 0.3 is 0 Å². The van der Waals surface area contributed by atoms with Crippen LogP contribution in [0.25, 0.3) is 0 Å². The molecule has 1 aromatic heterocycles. The Morgan fingerprint density at radius 3 is 2.56 bits per heavy atom. The van der Waals surface area contributed by atoms with E-state index in [0.717, 1.165) is 10.4 Å². The average molecular weight is 236 g/mol. The predicted octanol–water partition coefficient (Wildman–Crippen LogP) is 3.59. The first kappa shape index (κ1) is 11.3. The molecule has 1 aromatic carbocycles. The van der Waals surface area contributed by atoms with Crippen LogP contribution in [0.2, 0.25) is 0 Å². The van der Waals surface area contributed by atoms with Gasteiger partial charge in [0.05, 0.1) is 0 Å². The number of aliphatic hydroxyl groups excluding tert-OH is 1. The Morgan fingerprint density at radius 2 is 1.94 bits per heavy atom. The Kier molecular flexibility index (Phi) is 3.08. The highest BCUT2D eigenvalue weighted by Crippen LogP contribution is 2.30. The van der Waals surface area contributed by atoms with Crippen molar-refractivity contribution < 1.29 is 9.50 Å². The molecule has 1 heterocycles. The van der Waals surface area contributed by atoms with Crippen molar-refractivity contribution >= 4 is 11.3 Å². The lowest BCUT2D eigenvalue weighted by molar-refractivity contribution is 0.214. The zero-order valence-electron chi connectivity index (χ0n) is 9.20. The second kappa shape index (κ2) is 4.36. The molecule has 0 spiro atoms. The third-order valence-electron chi connectivity index (χ3n) is 2.71. The summed E-state index contributed by atoms with van der Waals surface area (Å²) in [6.07, 6.45) is -0.869. The summed E-state index contributed by atoms with van der Waals surface area (Å²) in [7, 11) is 0. The van der Waals surface area contributed by atoms with Crippen molar-refractivity contribution in [3.63, 3.8) is 0 Å². The Hall–Kier alpha value is -1.19. The van der Waals surface area contributed by atoms with Gasteiger partial charge in [-0.1, -0.05) is 18.2 Å². The molecule has 1 nitrogen and oxygen atoms in total. The zero-order valence-corrected chi connectivity index (χ0v) is 10.0. The summed E-state index contributed by atoms with van der Waals surface area (Å²) < 4.78 is 13.8. The van der Waals surface area contributed by atoms with E-state index < -0.39 is 6.10 Å². The van der Waals surface area contributed by atoms with Crippen LogP contribution in [0.5, 0.6) is 0 Å². The molecule has 0 fully saturated rings. The second-order valence-corrected chi connectivity index (χ2v) is 4.93. The van der Waals surface area contributed by atoms with E-state index in [1.165, 1.54) is 0 Å². The van der Waals surface area contributed by atoms with Gasteiger partial charge in [0.25, 0.3) is 0 Å². The van der Waals surface area contributed by atoms with E-state index in [4.69, 9.17) is 0 Å². The summed E-state index contributed by atoms with van der Waals surface area (Å²) in [6, 6.07) is 6.93. The van der Waals surface area contributed by atoms with Crippen LogP contribution in [0.4, 0.5) is 4.39 Å². The SMILES string of the molecule is Cc1cccc(C(O)c2ccsc2C)c1F. The quantitative estimate of drug-likeness (QED) is 0.845. The summed E-state index contributed by atoms with van der Waals surface area (Å²) in [5.41, 5.74) is 1.69. The molecule has 0 bridgehead atoms. The molecule has 0 radical (unpaired) electrons. The van der Waals surface area contributed by atoms with Gasteiger partial charge in [-0.2, -0.15) is 0 Å². The van der Waals surface area contributed by atoms with Gasteiger partial charge in [-0.15, -0.1) is 11.3 Å². The van der Waals surface area contributed by atoms with Crippen molar-refractivity contribution in [2.24, 2.45) is 0 Å². The van der Waals surface area contributed by atoms with E-state index in [0.29, 0.717) is 11.1 Å². The number of benzene rings is 1. The van der Waals surface area contributed by atoms with Crippen molar-refractivity contribution in [3.8, 4) is 0 Å². The first-order chi connectivity index (χ1) is 7.61. The maximum absolute atomic E-state index is 13.8. The molecule has 2 aromatic rings. The molecule has 1 atom stereocenters. The van der Waals surface area contributed by atoms with Gasteiger partial charge in [0.15, 0.2) is 0 Å². The Balaban J connectivity index is 2.46. The molecule has 3 heteroatoms. The predicted molar refractivity (Wildman–Crippen MR) is 64.3 cm³/mol. The van der Waals surface area contributed by atoms with E-state index >= 15 is 0 Å². The molecule has 0 amide bonds. The van der Waals surface area contributed by atoms with E-state index in [2.05, 4.69) is 0 Å². The fourth-order valence-corrected chi connectivity index (χ4v) is 2.46. The van der Waals surface area contributed by atoms with Gasteiger partial charge in [0.1, 0.15) is 11.9 Å². The van der Waals surface area contributed by atoms with Gasteiger partial charge in [-0.05, 0) is 36.4 Å². The van der Waals surface area contributed by atoms with E-state index in [1.807, 2.05) is 18.4 Å². The molecule has 1 unspecified atom stereocenters. The van der Waals surface area contributed by atoms with Crippen LogP contribution in [0.3, 0.4) is 0 Å². The molecule has 1 N–H and O–H groups in total. The summed E-state index contributed by atoms with van der Waals surface area (Å²) in [5.74, 6) is -0.319. The highest BCUT2D eigenvalue weighted by Gasteiger charge is 2.18. The molecule has 2 rings (SSSR count). The number of hydrogen-bond acceptors (Lipinski definition) is 2. The van der Waals surface area contributed by atoms with Crippen LogP contribution in [-0.2, 0) is 0 Å². The zero-order chi connectivity index (χ0) is 11.7. The van der Waals surface area contributed by atoms with Crippen LogP contribution in [-0.4, -0.2) is 5.11 Å². The lowest BCUT2D eigenvalue weighted by atomic mass is 10.00. The van der Waals surface area contributed by atoms with Crippen molar-refractivity contribution in [2.45, 2.75) is 20.0 Å². The third-order valence-corrected chi connectivity index (χ3v) is 3.57. The van der Waals surface area contributed by atoms with Gasteiger partial charge < -0.3 is 5.11 Å². The normalized spacial score (nSPS) is 12.8. The first-order valence-electron chi connectivity index (χ1n) is 5.08. The fraction of sp³-hybridized carbons (Fsp3) is 0.231. The number of halogens is 1. The van der Waals surface area contributed by atoms with Gasteiger partial charge in [-0.25, -0.2) is 4.39 Å². The largest absolute Gasteiger partial charge is 0.384 e. The Morgan fingerprint density at radius 1 is 1.19 bits per heavy atom. The molecule has 0 aliphatic heterocycles. The molecule has 0 saturated carbocycles. The molecule has 0 aliphatic carbocycles. The lowest BCUT2D eigenvalue weighted by Crippen LogP contribution is -2.03. The van der Waals surface area contributed by atoms with Crippen LogP contribution >= 0.6 is 11.3 Å². The third kappa shape index (κ3) is 1.88. The average Bonchev–Trinajstić information content (AvgIpc) is 2.68. The summed E-state index contributed by atoms with van der Waals surface area (Å²) >= 11 is 1.56. The van der Waals surface area contributed by atoms with Crippen molar-refractivity contribution in [2.75, 3.05) is 0 Å². The number of aryl methyl sites for hydroxylation is 2. The highest BCUT2D eigenvalue weighted by atomic mass is 32.1. The van der Waals surface area contributed by atoms with Crippen molar-refractivity contribution in [3.05, 3.63) is 57.0 Å². The van der Waals surface area contributed by atoms with Crippen molar-refractivity contribution in [1.82, 2.24) is 0 Å². The van der Waals surface area contributed by atoms with Crippen LogP contribution in [0.1, 0.15) is 27.7 Å². The van der Waals surface area contributed by atoms with Gasteiger partial charge in [0, 0.05) is 10.4 Å². The van der Waals surface area contributed by atoms with E-state index in [-0.39, 0.29) is 5.82 Å². The molecular formula is C13H13FOS. The molecule has 0 saturated heterocycles. The number of thiophene rings is 1. The highest BCUT2D eigenvalue weighted by molar-refractivity contribution is 7.10. The summed E-state index contributed by atoms with van der Waals surface area (Å²) in [6.45, 7) is 3.63. The minimum Gasteiger partial charge on any atom is -0.384 e. The van der Waals surface area contributed by atoms with Crippen LogP contribution in [0, 0.1) is 19.7 Å². The lowest BCUT2D eigenvalue weighted by Gasteiger charge is -2.13. The van der Waals surface area contributed by atoms with Crippen LogP contribution in [0.15, 0.2) is 29.6 Å². The van der Waals surface area contributed by atoms with Gasteiger partial charge in [0.2, 0.25) is 0 Å². The minimum absolute atomic E-state index is 0.319. The summed E-state index contributed by atoms with van der Waals surface area (Å²) in [5, 5.41) is 12.0. The number of aliphatic hydroxyl groups is 1.